The third kappa shape index (κ3) is 5.61. The molecular weight excluding hydrogens is 336 g/mol. The fourth-order valence-corrected chi connectivity index (χ4v) is 3.28. The van der Waals surface area contributed by atoms with Gasteiger partial charge in [0.2, 0.25) is 11.8 Å². The van der Waals surface area contributed by atoms with E-state index in [2.05, 4.69) is 55.0 Å². The molecule has 5 nitrogen and oxygen atoms in total. The van der Waals surface area contributed by atoms with Crippen molar-refractivity contribution in [1.82, 2.24) is 9.97 Å². The van der Waals surface area contributed by atoms with Gasteiger partial charge in [0.15, 0.2) is 5.16 Å². The largest absolute Gasteiger partial charge is 0.481 e. The molecule has 1 unspecified atom stereocenters. The van der Waals surface area contributed by atoms with E-state index in [4.69, 9.17) is 9.47 Å². The van der Waals surface area contributed by atoms with Crippen molar-refractivity contribution in [1.29, 1.82) is 0 Å². The molecule has 25 heavy (non-hydrogen) atoms. The number of nitrogens with zero attached hydrogens (tertiary/aromatic N) is 2. The molecule has 1 heterocycles. The first-order valence-corrected chi connectivity index (χ1v) is 9.07. The zero-order valence-corrected chi connectivity index (χ0v) is 16.3. The molecule has 2 aromatic rings. The molecule has 0 radical (unpaired) electrons. The molecule has 0 aliphatic rings. The minimum absolute atomic E-state index is 0.0363. The lowest BCUT2D eigenvalue weighted by atomic mass is 9.86. The van der Waals surface area contributed by atoms with Crippen LogP contribution in [0.2, 0.25) is 0 Å². The molecule has 0 aliphatic carbocycles. The minimum atomic E-state index is -0.0442. The highest BCUT2D eigenvalue weighted by Gasteiger charge is 2.16. The number of benzene rings is 1. The van der Waals surface area contributed by atoms with Crippen molar-refractivity contribution in [3.8, 4) is 11.8 Å². The van der Waals surface area contributed by atoms with Gasteiger partial charge in [0, 0.05) is 5.25 Å². The van der Waals surface area contributed by atoms with Gasteiger partial charge in [-0.15, -0.1) is 0 Å². The van der Waals surface area contributed by atoms with Crippen LogP contribution in [-0.4, -0.2) is 41.2 Å². The van der Waals surface area contributed by atoms with Gasteiger partial charge < -0.3 is 14.6 Å². The fourth-order valence-electron chi connectivity index (χ4n) is 2.34. The normalized spacial score (nSPS) is 12.7. The quantitative estimate of drug-likeness (QED) is 0.601. The Morgan fingerprint density at radius 3 is 2.04 bits per heavy atom. The topological polar surface area (TPSA) is 64.5 Å². The van der Waals surface area contributed by atoms with E-state index in [1.807, 2.05) is 0 Å². The van der Waals surface area contributed by atoms with Gasteiger partial charge >= 0.3 is 0 Å². The highest BCUT2D eigenvalue weighted by Crippen LogP contribution is 2.28. The molecule has 6 heteroatoms. The van der Waals surface area contributed by atoms with Gasteiger partial charge in [-0.1, -0.05) is 56.8 Å². The minimum Gasteiger partial charge on any atom is -0.481 e. The van der Waals surface area contributed by atoms with Crippen molar-refractivity contribution in [3.63, 3.8) is 0 Å². The second-order valence-corrected chi connectivity index (χ2v) is 8.08. The molecule has 1 N–H and O–H groups in total. The summed E-state index contributed by atoms with van der Waals surface area (Å²) in [5, 5.41) is 10.2. The number of hydrogen-bond donors (Lipinski definition) is 1. The van der Waals surface area contributed by atoms with Crippen LogP contribution in [0.15, 0.2) is 35.5 Å². The lowest BCUT2D eigenvalue weighted by molar-refractivity contribution is 0.294. The van der Waals surface area contributed by atoms with E-state index < -0.39 is 0 Å². The molecule has 1 aromatic carbocycles. The smallest absolute Gasteiger partial charge is 0.220 e. The summed E-state index contributed by atoms with van der Waals surface area (Å²) >= 11 is 1.42. The Hall–Kier alpha value is -1.79. The second kappa shape index (κ2) is 8.54. The summed E-state index contributed by atoms with van der Waals surface area (Å²) in [5.41, 5.74) is 2.61. The van der Waals surface area contributed by atoms with Crippen LogP contribution in [0, 0.1) is 0 Å². The summed E-state index contributed by atoms with van der Waals surface area (Å²) in [6, 6.07) is 10.2. The average Bonchev–Trinajstić information content (AvgIpc) is 2.60. The zero-order chi connectivity index (χ0) is 18.4. The number of aliphatic hydroxyl groups excluding tert-OH is 1. The summed E-state index contributed by atoms with van der Waals surface area (Å²) < 4.78 is 10.3. The monoisotopic (exact) mass is 362 g/mol. The first-order chi connectivity index (χ1) is 11.9. The second-order valence-electron chi connectivity index (χ2n) is 6.81. The molecule has 0 bridgehead atoms. The molecule has 136 valence electrons. The van der Waals surface area contributed by atoms with Crippen molar-refractivity contribution in [3.05, 3.63) is 41.5 Å². The van der Waals surface area contributed by atoms with E-state index in [0.717, 1.165) is 6.42 Å². The third-order valence-corrected chi connectivity index (χ3v) is 4.88. The molecule has 1 aromatic heterocycles. The number of hydrogen-bond acceptors (Lipinski definition) is 6. The van der Waals surface area contributed by atoms with Crippen molar-refractivity contribution < 1.29 is 14.6 Å². The van der Waals surface area contributed by atoms with Crippen LogP contribution in [-0.2, 0) is 11.8 Å². The van der Waals surface area contributed by atoms with Crippen LogP contribution in [0.3, 0.4) is 0 Å². The zero-order valence-electron chi connectivity index (χ0n) is 15.4. The van der Waals surface area contributed by atoms with Gasteiger partial charge in [0.1, 0.15) is 0 Å². The van der Waals surface area contributed by atoms with Crippen LogP contribution in [0.25, 0.3) is 0 Å². The Morgan fingerprint density at radius 1 is 1.04 bits per heavy atom. The molecule has 1 atom stereocenters. The predicted octanol–water partition coefficient (Wildman–Crippen LogP) is 3.49. The maximum Gasteiger partial charge on any atom is 0.220 e. The van der Waals surface area contributed by atoms with Gasteiger partial charge in [-0.3, -0.25) is 0 Å². The lowest BCUT2D eigenvalue weighted by Crippen LogP contribution is -2.14. The number of ether oxygens (including phenoxy) is 2. The average molecular weight is 362 g/mol. The van der Waals surface area contributed by atoms with Gasteiger partial charge in [-0.25, -0.2) is 0 Å². The van der Waals surface area contributed by atoms with E-state index in [-0.39, 0.29) is 17.3 Å². The SMILES string of the molecule is COc1cc(OC)nc(SC(CO)Cc2ccc(C(C)(C)C)cc2)n1. The molecule has 0 saturated carbocycles. The first kappa shape index (κ1) is 19.5. The Balaban J connectivity index is 2.10. The van der Waals surface area contributed by atoms with Crippen molar-refractivity contribution in [2.45, 2.75) is 43.0 Å². The van der Waals surface area contributed by atoms with Gasteiger partial charge in [-0.05, 0) is 23.0 Å². The summed E-state index contributed by atoms with van der Waals surface area (Å²) in [6.45, 7) is 6.63. The van der Waals surface area contributed by atoms with E-state index in [1.165, 1.54) is 22.9 Å². The standard InChI is InChI=1S/C19H26N2O3S/c1-19(2,3)14-8-6-13(7-9-14)10-15(12-22)25-18-20-16(23-4)11-17(21-18)24-5/h6-9,11,15,22H,10,12H2,1-5H3. The molecule has 0 saturated heterocycles. The molecule has 0 spiro atoms. The van der Waals surface area contributed by atoms with Crippen molar-refractivity contribution in [2.24, 2.45) is 0 Å². The van der Waals surface area contributed by atoms with Crippen molar-refractivity contribution >= 4 is 11.8 Å². The van der Waals surface area contributed by atoms with Crippen LogP contribution in [0.4, 0.5) is 0 Å². The summed E-state index contributed by atoms with van der Waals surface area (Å²) in [6.07, 6.45) is 0.731. The maximum atomic E-state index is 9.75. The summed E-state index contributed by atoms with van der Waals surface area (Å²) in [7, 11) is 3.10. The highest BCUT2D eigenvalue weighted by atomic mass is 32.2. The van der Waals surface area contributed by atoms with Crippen LogP contribution in [0.1, 0.15) is 31.9 Å². The van der Waals surface area contributed by atoms with E-state index in [0.29, 0.717) is 16.9 Å². The summed E-state index contributed by atoms with van der Waals surface area (Å²) in [4.78, 5) is 8.63. The molecular formula is C19H26N2O3S. The third-order valence-electron chi connectivity index (χ3n) is 3.84. The Labute approximate surface area is 153 Å². The number of methoxy groups -OCH3 is 2. The maximum absolute atomic E-state index is 9.75. The molecule has 2 rings (SSSR count). The molecule has 0 fully saturated rings. The molecule has 0 aliphatic heterocycles. The van der Waals surface area contributed by atoms with E-state index in [9.17, 15) is 5.11 Å². The predicted molar refractivity (Wildman–Crippen MR) is 101 cm³/mol. The van der Waals surface area contributed by atoms with Crippen LogP contribution >= 0.6 is 11.8 Å². The van der Waals surface area contributed by atoms with Crippen LogP contribution in [0.5, 0.6) is 11.8 Å². The Bertz CT molecular complexity index is 662. The fraction of sp³-hybridized carbons (Fsp3) is 0.474. The molecule has 0 amide bonds. The van der Waals surface area contributed by atoms with Gasteiger partial charge in [-0.2, -0.15) is 9.97 Å². The highest BCUT2D eigenvalue weighted by molar-refractivity contribution is 7.99. The van der Waals surface area contributed by atoms with Crippen molar-refractivity contribution in [2.75, 3.05) is 20.8 Å². The van der Waals surface area contributed by atoms with E-state index in [1.54, 1.807) is 20.3 Å². The summed E-state index contributed by atoms with van der Waals surface area (Å²) in [5.74, 6) is 0.890. The van der Waals surface area contributed by atoms with Crippen LogP contribution < -0.4 is 9.47 Å². The Morgan fingerprint density at radius 2 is 1.60 bits per heavy atom. The van der Waals surface area contributed by atoms with Gasteiger partial charge in [0.25, 0.3) is 0 Å². The number of thioether (sulfide) groups is 1. The Kier molecular flexibility index (Phi) is 6.67. The number of rotatable bonds is 7. The number of aliphatic hydroxyl groups is 1. The number of aromatic nitrogens is 2. The first-order valence-electron chi connectivity index (χ1n) is 8.19. The van der Waals surface area contributed by atoms with E-state index >= 15 is 0 Å². The van der Waals surface area contributed by atoms with Gasteiger partial charge in [0.05, 0.1) is 26.9 Å². The lowest BCUT2D eigenvalue weighted by Gasteiger charge is -2.20.